The van der Waals surface area contributed by atoms with E-state index in [1.54, 1.807) is 0 Å². The van der Waals surface area contributed by atoms with Crippen LogP contribution in [0.4, 0.5) is 0 Å². The van der Waals surface area contributed by atoms with Crippen LogP contribution in [0.1, 0.15) is 19.3 Å². The molecule has 0 aromatic rings. The highest BCUT2D eigenvalue weighted by molar-refractivity contribution is 5.16. The Balaban J connectivity index is 1.90. The Hall–Kier alpha value is -1.24. The normalized spacial score (nSPS) is 25.8. The maximum Gasteiger partial charge on any atom is 0.120 e. The lowest BCUT2D eigenvalue weighted by Crippen LogP contribution is -2.10. The largest absolute Gasteiger partial charge is 0.490 e. The molecule has 0 aromatic carbocycles. The highest BCUT2D eigenvalue weighted by Crippen LogP contribution is 2.18. The van der Waals surface area contributed by atoms with Gasteiger partial charge in [-0.25, -0.2) is 0 Å². The first-order valence-electron chi connectivity index (χ1n) is 4.81. The van der Waals surface area contributed by atoms with Gasteiger partial charge in [-0.15, -0.1) is 0 Å². The molecule has 13 heavy (non-hydrogen) atoms. The van der Waals surface area contributed by atoms with Crippen LogP contribution in [-0.4, -0.2) is 6.10 Å². The lowest BCUT2D eigenvalue weighted by molar-refractivity contribution is 0.148. The quantitative estimate of drug-likeness (QED) is 0.625. The summed E-state index contributed by atoms with van der Waals surface area (Å²) in [5.74, 6) is 1.12. The van der Waals surface area contributed by atoms with Gasteiger partial charge in [-0.2, -0.15) is 0 Å². The summed E-state index contributed by atoms with van der Waals surface area (Å²) < 4.78 is 5.80. The molecule has 0 heterocycles. The molecular formula is C12H14O. The Morgan fingerprint density at radius 3 is 2.85 bits per heavy atom. The van der Waals surface area contributed by atoms with Gasteiger partial charge in [-0.05, 0) is 18.6 Å². The molecule has 2 aliphatic rings. The van der Waals surface area contributed by atoms with Crippen LogP contribution in [0, 0.1) is 0 Å². The van der Waals surface area contributed by atoms with Gasteiger partial charge < -0.3 is 4.74 Å². The van der Waals surface area contributed by atoms with Crippen molar-refractivity contribution in [1.29, 1.82) is 0 Å². The van der Waals surface area contributed by atoms with Crippen molar-refractivity contribution in [2.75, 3.05) is 0 Å². The molecule has 0 bridgehead atoms. The Morgan fingerprint density at radius 2 is 2.15 bits per heavy atom. The van der Waals surface area contributed by atoms with Crippen molar-refractivity contribution in [1.82, 2.24) is 0 Å². The fourth-order valence-electron chi connectivity index (χ4n) is 1.52. The van der Waals surface area contributed by atoms with Gasteiger partial charge in [0.05, 0.1) is 5.76 Å². The molecule has 0 spiro atoms. The number of allylic oxidation sites excluding steroid dienone is 6. The van der Waals surface area contributed by atoms with Gasteiger partial charge in [-0.1, -0.05) is 30.4 Å². The zero-order valence-electron chi connectivity index (χ0n) is 7.65. The molecule has 0 N–H and O–H groups in total. The van der Waals surface area contributed by atoms with Gasteiger partial charge in [0.2, 0.25) is 0 Å². The summed E-state index contributed by atoms with van der Waals surface area (Å²) in [5, 5.41) is 0. The zero-order chi connectivity index (χ0) is 8.93. The topological polar surface area (TPSA) is 9.23 Å². The zero-order valence-corrected chi connectivity index (χ0v) is 7.65. The lowest BCUT2D eigenvalue weighted by atomic mass is 10.1. The van der Waals surface area contributed by atoms with E-state index in [4.69, 9.17) is 4.74 Å². The summed E-state index contributed by atoms with van der Waals surface area (Å²) in [6.07, 6.45) is 18.1. The van der Waals surface area contributed by atoms with Crippen LogP contribution in [0.2, 0.25) is 0 Å². The van der Waals surface area contributed by atoms with E-state index >= 15 is 0 Å². The van der Waals surface area contributed by atoms with Crippen molar-refractivity contribution in [3.8, 4) is 0 Å². The molecule has 2 aliphatic carbocycles. The molecule has 0 aromatic heterocycles. The maximum absolute atomic E-state index is 5.80. The van der Waals surface area contributed by atoms with Crippen molar-refractivity contribution in [3.63, 3.8) is 0 Å². The average molecular weight is 174 g/mol. The molecule has 2 rings (SSSR count). The first-order valence-corrected chi connectivity index (χ1v) is 4.81. The van der Waals surface area contributed by atoms with E-state index in [0.717, 1.165) is 25.0 Å². The van der Waals surface area contributed by atoms with Crippen LogP contribution in [0.3, 0.4) is 0 Å². The van der Waals surface area contributed by atoms with Crippen LogP contribution in [0.15, 0.2) is 48.3 Å². The lowest BCUT2D eigenvalue weighted by Gasteiger charge is -2.19. The molecule has 1 atom stereocenters. The fraction of sp³-hybridized carbons (Fsp3) is 0.333. The van der Waals surface area contributed by atoms with Gasteiger partial charge in [-0.3, -0.25) is 0 Å². The standard InChI is InChI=1S/C12H14O/c1-3-7-11(8-4-1)13-12-9-5-2-6-10-12/h1-5,7,9,11H,6,8,10H2. The molecule has 68 valence electrons. The van der Waals surface area contributed by atoms with E-state index < -0.39 is 0 Å². The Labute approximate surface area is 79.1 Å². The summed E-state index contributed by atoms with van der Waals surface area (Å²) in [4.78, 5) is 0. The first-order chi connectivity index (χ1) is 6.45. The van der Waals surface area contributed by atoms with Crippen LogP contribution >= 0.6 is 0 Å². The molecule has 0 fully saturated rings. The number of rotatable bonds is 2. The predicted octanol–water partition coefficient (Wildman–Crippen LogP) is 3.12. The smallest absolute Gasteiger partial charge is 0.120 e. The maximum atomic E-state index is 5.80. The number of hydrogen-bond donors (Lipinski definition) is 0. The van der Waals surface area contributed by atoms with Crippen molar-refractivity contribution in [2.45, 2.75) is 25.4 Å². The third kappa shape index (κ3) is 2.35. The second-order valence-corrected chi connectivity index (χ2v) is 3.30. The van der Waals surface area contributed by atoms with E-state index in [2.05, 4.69) is 36.5 Å². The van der Waals surface area contributed by atoms with Gasteiger partial charge in [0, 0.05) is 12.8 Å². The Kier molecular flexibility index (Phi) is 2.65. The van der Waals surface area contributed by atoms with E-state index in [9.17, 15) is 0 Å². The van der Waals surface area contributed by atoms with E-state index in [-0.39, 0.29) is 6.10 Å². The highest BCUT2D eigenvalue weighted by atomic mass is 16.5. The van der Waals surface area contributed by atoms with Crippen LogP contribution in [0.5, 0.6) is 0 Å². The molecule has 1 nitrogen and oxygen atoms in total. The third-order valence-corrected chi connectivity index (χ3v) is 2.22. The summed E-state index contributed by atoms with van der Waals surface area (Å²) in [5.41, 5.74) is 0. The van der Waals surface area contributed by atoms with Gasteiger partial charge in [0.1, 0.15) is 6.10 Å². The Bertz CT molecular complexity index is 281. The molecule has 0 saturated heterocycles. The van der Waals surface area contributed by atoms with Crippen molar-refractivity contribution < 1.29 is 4.74 Å². The summed E-state index contributed by atoms with van der Waals surface area (Å²) in [6.45, 7) is 0. The molecule has 1 heteroatoms. The van der Waals surface area contributed by atoms with Crippen molar-refractivity contribution in [2.24, 2.45) is 0 Å². The number of ether oxygens (including phenoxy) is 1. The third-order valence-electron chi connectivity index (χ3n) is 2.22. The van der Waals surface area contributed by atoms with E-state index in [0.29, 0.717) is 0 Å². The molecule has 0 amide bonds. The van der Waals surface area contributed by atoms with Gasteiger partial charge in [0.25, 0.3) is 0 Å². The van der Waals surface area contributed by atoms with Crippen molar-refractivity contribution in [3.05, 3.63) is 48.3 Å². The summed E-state index contributed by atoms with van der Waals surface area (Å²) in [6, 6.07) is 0. The predicted molar refractivity (Wildman–Crippen MR) is 54.2 cm³/mol. The fourth-order valence-corrected chi connectivity index (χ4v) is 1.52. The first kappa shape index (κ1) is 8.36. The van der Waals surface area contributed by atoms with E-state index in [1.807, 2.05) is 6.08 Å². The molecule has 0 radical (unpaired) electrons. The number of hydrogen-bond acceptors (Lipinski definition) is 1. The molecule has 0 saturated carbocycles. The summed E-state index contributed by atoms with van der Waals surface area (Å²) >= 11 is 0. The van der Waals surface area contributed by atoms with Crippen LogP contribution < -0.4 is 0 Å². The highest BCUT2D eigenvalue weighted by Gasteiger charge is 2.08. The average Bonchev–Trinajstić information content (AvgIpc) is 2.21. The monoisotopic (exact) mass is 174 g/mol. The molecular weight excluding hydrogens is 160 g/mol. The SMILES string of the molecule is C1=CCCC(OC2C=CC=CC2)=C1. The summed E-state index contributed by atoms with van der Waals surface area (Å²) in [7, 11) is 0. The van der Waals surface area contributed by atoms with Crippen LogP contribution in [0.25, 0.3) is 0 Å². The Morgan fingerprint density at radius 1 is 1.15 bits per heavy atom. The van der Waals surface area contributed by atoms with E-state index in [1.165, 1.54) is 0 Å². The molecule has 0 aliphatic heterocycles. The minimum Gasteiger partial charge on any atom is -0.490 e. The molecule has 1 unspecified atom stereocenters. The van der Waals surface area contributed by atoms with Crippen molar-refractivity contribution >= 4 is 0 Å². The van der Waals surface area contributed by atoms with Gasteiger partial charge in [0.15, 0.2) is 0 Å². The second-order valence-electron chi connectivity index (χ2n) is 3.30. The minimum absolute atomic E-state index is 0.253. The van der Waals surface area contributed by atoms with Gasteiger partial charge >= 0.3 is 0 Å². The minimum atomic E-state index is 0.253. The van der Waals surface area contributed by atoms with Crippen LogP contribution in [-0.2, 0) is 4.74 Å². The second kappa shape index (κ2) is 4.13.